The van der Waals surface area contributed by atoms with Crippen molar-refractivity contribution in [2.45, 2.75) is 0 Å². The zero-order valence-corrected chi connectivity index (χ0v) is 20.0. The predicted molar refractivity (Wildman–Crippen MR) is 136 cm³/mol. The summed E-state index contributed by atoms with van der Waals surface area (Å²) < 4.78 is 5.28. The maximum absolute atomic E-state index is 13.0. The van der Waals surface area contributed by atoms with E-state index >= 15 is 0 Å². The van der Waals surface area contributed by atoms with Crippen molar-refractivity contribution in [1.29, 1.82) is 0 Å². The van der Waals surface area contributed by atoms with Crippen molar-refractivity contribution >= 4 is 56.9 Å². The molecule has 176 valence electrons. The van der Waals surface area contributed by atoms with Crippen molar-refractivity contribution in [3.8, 4) is 17.0 Å². The lowest BCUT2D eigenvalue weighted by Gasteiger charge is -2.10. The van der Waals surface area contributed by atoms with Crippen molar-refractivity contribution in [2.24, 2.45) is 0 Å². The maximum Gasteiger partial charge on any atom is 0.269 e. The number of anilines is 1. The Balaban J connectivity index is 1.42. The van der Waals surface area contributed by atoms with Crippen molar-refractivity contribution < 1.29 is 9.53 Å². The minimum absolute atomic E-state index is 0.0150. The van der Waals surface area contributed by atoms with Crippen molar-refractivity contribution in [2.75, 3.05) is 25.5 Å². The van der Waals surface area contributed by atoms with E-state index in [1.165, 1.54) is 0 Å². The first kappa shape index (κ1) is 22.8. The minimum Gasteiger partial charge on any atom is -0.497 e. The number of rotatable bonds is 7. The lowest BCUT2D eigenvalue weighted by Crippen LogP contribution is -2.29. The van der Waals surface area contributed by atoms with Gasteiger partial charge in [-0.05, 0) is 59.6 Å². The Morgan fingerprint density at radius 2 is 1.69 bits per heavy atom. The maximum atomic E-state index is 13.0. The van der Waals surface area contributed by atoms with Crippen molar-refractivity contribution in [3.05, 3.63) is 70.9 Å². The van der Waals surface area contributed by atoms with E-state index in [2.05, 4.69) is 30.6 Å². The number of para-hydroxylation sites is 1. The molecule has 9 nitrogen and oxygen atoms in total. The van der Waals surface area contributed by atoms with Crippen LogP contribution in [0.4, 0.5) is 5.95 Å². The summed E-state index contributed by atoms with van der Waals surface area (Å²) in [5.41, 5.74) is 3.68. The first-order valence-corrected chi connectivity index (χ1v) is 11.4. The Hall–Kier alpha value is -3.95. The van der Waals surface area contributed by atoms with Gasteiger partial charge in [-0.25, -0.2) is 4.98 Å². The fourth-order valence-electron chi connectivity index (χ4n) is 3.77. The molecule has 35 heavy (non-hydrogen) atoms. The Morgan fingerprint density at radius 3 is 2.43 bits per heavy atom. The molecule has 2 aromatic carbocycles. The van der Waals surface area contributed by atoms with E-state index in [1.54, 1.807) is 13.2 Å². The van der Waals surface area contributed by atoms with E-state index in [0.717, 1.165) is 33.1 Å². The number of ether oxygens (including phenoxy) is 1. The molecule has 0 spiro atoms. The van der Waals surface area contributed by atoms with Crippen LogP contribution in [0.1, 0.15) is 10.5 Å². The van der Waals surface area contributed by atoms with Crippen LogP contribution < -0.4 is 15.4 Å². The summed E-state index contributed by atoms with van der Waals surface area (Å²) in [5, 5.41) is 7.72. The Morgan fingerprint density at radius 1 is 0.943 bits per heavy atom. The highest BCUT2D eigenvalue weighted by molar-refractivity contribution is 6.31. The number of carbonyl (C=O) groups is 1. The van der Waals surface area contributed by atoms with E-state index in [4.69, 9.17) is 32.9 Å². The van der Waals surface area contributed by atoms with Gasteiger partial charge in [-0.1, -0.05) is 18.2 Å². The number of methoxy groups -OCH3 is 1. The van der Waals surface area contributed by atoms with Gasteiger partial charge >= 0.3 is 0 Å². The number of aromatic amines is 1. The molecule has 3 N–H and O–H groups in total. The molecule has 0 bridgehead atoms. The number of hydrogen-bond donors (Lipinski definition) is 3. The molecule has 5 rings (SSSR count). The normalized spacial score (nSPS) is 11.1. The van der Waals surface area contributed by atoms with Crippen LogP contribution in [0.15, 0.2) is 54.6 Å². The minimum atomic E-state index is -0.305. The third kappa shape index (κ3) is 4.82. The Labute approximate surface area is 209 Å². The smallest absolute Gasteiger partial charge is 0.269 e. The lowest BCUT2D eigenvalue weighted by molar-refractivity contribution is 0.0950. The second-order valence-corrected chi connectivity index (χ2v) is 8.23. The van der Waals surface area contributed by atoms with Gasteiger partial charge in [0.2, 0.25) is 16.5 Å². The van der Waals surface area contributed by atoms with Crippen LogP contribution in [0, 0.1) is 0 Å². The van der Waals surface area contributed by atoms with Crippen LogP contribution in [-0.4, -0.2) is 51.0 Å². The number of halogens is 2. The average Bonchev–Trinajstić information content (AvgIpc) is 3.24. The molecule has 3 aromatic heterocycles. The van der Waals surface area contributed by atoms with E-state index in [-0.39, 0.29) is 22.4 Å². The van der Waals surface area contributed by atoms with Gasteiger partial charge in [-0.3, -0.25) is 4.79 Å². The molecule has 5 aromatic rings. The molecule has 0 saturated carbocycles. The third-order valence-electron chi connectivity index (χ3n) is 5.37. The largest absolute Gasteiger partial charge is 0.497 e. The molecule has 1 amide bonds. The molecule has 0 saturated heterocycles. The summed E-state index contributed by atoms with van der Waals surface area (Å²) in [6.45, 7) is 0.647. The van der Waals surface area contributed by atoms with Crippen LogP contribution >= 0.6 is 23.2 Å². The number of H-pyrrole nitrogens is 1. The van der Waals surface area contributed by atoms with E-state index in [9.17, 15) is 4.79 Å². The highest BCUT2D eigenvalue weighted by Crippen LogP contribution is 2.33. The molecule has 0 unspecified atom stereocenters. The number of amides is 1. The molecule has 0 radical (unpaired) electrons. The highest BCUT2D eigenvalue weighted by Gasteiger charge is 2.17. The number of pyridine rings is 1. The second-order valence-electron chi connectivity index (χ2n) is 7.56. The fraction of sp³-hybridized carbons (Fsp3) is 0.125. The van der Waals surface area contributed by atoms with Crippen LogP contribution in [-0.2, 0) is 0 Å². The molecule has 0 aliphatic rings. The third-order valence-corrected chi connectivity index (χ3v) is 5.71. The number of nitrogens with one attached hydrogen (secondary N) is 3. The molecular weight excluding hydrogens is 489 g/mol. The summed E-state index contributed by atoms with van der Waals surface area (Å²) in [6.07, 6.45) is 0. The van der Waals surface area contributed by atoms with E-state index in [0.29, 0.717) is 24.5 Å². The van der Waals surface area contributed by atoms with Crippen molar-refractivity contribution in [3.63, 3.8) is 0 Å². The Bertz CT molecular complexity index is 1520. The molecule has 3 heterocycles. The number of hydrogen-bond acceptors (Lipinski definition) is 7. The first-order valence-electron chi connectivity index (χ1n) is 10.7. The van der Waals surface area contributed by atoms with Gasteiger partial charge in [-0.15, -0.1) is 0 Å². The van der Waals surface area contributed by atoms with Crippen LogP contribution in [0.2, 0.25) is 10.6 Å². The van der Waals surface area contributed by atoms with Gasteiger partial charge in [0.05, 0.1) is 18.3 Å². The zero-order chi connectivity index (χ0) is 24.4. The van der Waals surface area contributed by atoms with Gasteiger partial charge in [0, 0.05) is 34.9 Å². The van der Waals surface area contributed by atoms with Gasteiger partial charge in [0.15, 0.2) is 0 Å². The predicted octanol–water partition coefficient (Wildman–Crippen LogP) is 4.73. The summed E-state index contributed by atoms with van der Waals surface area (Å²) in [4.78, 5) is 32.8. The van der Waals surface area contributed by atoms with Gasteiger partial charge in [0.1, 0.15) is 11.4 Å². The summed E-state index contributed by atoms with van der Waals surface area (Å²) in [7, 11) is 1.62. The van der Waals surface area contributed by atoms with Crippen LogP contribution in [0.25, 0.3) is 33.1 Å². The molecule has 11 heteroatoms. The fourth-order valence-corrected chi connectivity index (χ4v) is 4.13. The summed E-state index contributed by atoms with van der Waals surface area (Å²) in [6, 6.07) is 17.3. The second kappa shape index (κ2) is 9.73. The van der Waals surface area contributed by atoms with Crippen LogP contribution in [0.3, 0.4) is 0 Å². The highest BCUT2D eigenvalue weighted by atomic mass is 35.5. The number of benzene rings is 2. The van der Waals surface area contributed by atoms with Crippen molar-refractivity contribution in [1.82, 2.24) is 30.2 Å². The van der Waals surface area contributed by atoms with Crippen LogP contribution in [0.5, 0.6) is 5.75 Å². The first-order chi connectivity index (χ1) is 17.0. The summed E-state index contributed by atoms with van der Waals surface area (Å²) in [5.74, 6) is 0.661. The number of fused-ring (bicyclic) bond motifs is 3. The van der Waals surface area contributed by atoms with Gasteiger partial charge < -0.3 is 20.4 Å². The standard InChI is InChI=1S/C24H19Cl2N7O2/c1-35-14-8-6-13(7-9-14)19-20-16(15-4-2-3-5-17(15)29-20)12-18(30-19)21(34)27-10-11-28-24-32-22(25)31-23(26)33-24/h2-9,12,29H,10-11H2,1H3,(H,27,34)(H,28,31,32,33). The summed E-state index contributed by atoms with van der Waals surface area (Å²) >= 11 is 11.6. The lowest BCUT2D eigenvalue weighted by atomic mass is 10.1. The molecular formula is C24H19Cl2N7O2. The SMILES string of the molecule is COc1ccc(-c2nc(C(=O)NCCNc3nc(Cl)nc(Cl)n3)cc3c2[nH]c2ccccc23)cc1. The number of aromatic nitrogens is 5. The Kier molecular flexibility index (Phi) is 6.35. The van der Waals surface area contributed by atoms with Gasteiger partial charge in [0.25, 0.3) is 5.91 Å². The molecule has 0 aliphatic heterocycles. The molecule has 0 atom stereocenters. The number of carbonyl (C=O) groups excluding carboxylic acids is 1. The van der Waals surface area contributed by atoms with E-state index in [1.807, 2.05) is 48.5 Å². The number of nitrogens with zero attached hydrogens (tertiary/aromatic N) is 4. The molecule has 0 fully saturated rings. The topological polar surface area (TPSA) is 118 Å². The van der Waals surface area contributed by atoms with Gasteiger partial charge in [-0.2, -0.15) is 15.0 Å². The monoisotopic (exact) mass is 507 g/mol. The quantitative estimate of drug-likeness (QED) is 0.272. The average molecular weight is 508 g/mol. The zero-order valence-electron chi connectivity index (χ0n) is 18.5. The molecule has 0 aliphatic carbocycles. The van der Waals surface area contributed by atoms with E-state index < -0.39 is 0 Å².